The molecule has 132 valence electrons. The molecule has 0 saturated heterocycles. The zero-order valence-electron chi connectivity index (χ0n) is 14.4. The average molecular weight is 360 g/mol. The van der Waals surface area contributed by atoms with Gasteiger partial charge in [-0.1, -0.05) is 18.9 Å². The van der Waals surface area contributed by atoms with E-state index < -0.39 is 15.6 Å². The molecule has 25 heavy (non-hydrogen) atoms. The van der Waals surface area contributed by atoms with Crippen molar-refractivity contribution in [2.24, 2.45) is 11.0 Å². The predicted molar refractivity (Wildman–Crippen MR) is 96.9 cm³/mol. The van der Waals surface area contributed by atoms with Gasteiger partial charge in [0, 0.05) is 12.3 Å². The van der Waals surface area contributed by atoms with Crippen molar-refractivity contribution in [3.05, 3.63) is 29.8 Å². The van der Waals surface area contributed by atoms with E-state index in [2.05, 4.69) is 16.4 Å². The van der Waals surface area contributed by atoms with E-state index in [0.717, 1.165) is 11.3 Å². The lowest BCUT2D eigenvalue weighted by Gasteiger charge is -2.17. The van der Waals surface area contributed by atoms with Gasteiger partial charge in [0.25, 0.3) is 0 Å². The van der Waals surface area contributed by atoms with Gasteiger partial charge in [-0.25, -0.2) is 13.8 Å². The third-order valence-corrected chi connectivity index (χ3v) is 5.43. The molecular formula is C18H20N2O4S. The van der Waals surface area contributed by atoms with Crippen LogP contribution in [-0.2, 0) is 14.6 Å². The highest BCUT2D eigenvalue weighted by Gasteiger charge is 2.21. The number of benzene rings is 1. The largest absolute Gasteiger partial charge is 0.495 e. The smallest absolute Gasteiger partial charge is 0.240 e. The molecule has 0 aromatic heterocycles. The van der Waals surface area contributed by atoms with Gasteiger partial charge in [-0.3, -0.25) is 4.79 Å². The van der Waals surface area contributed by atoms with Crippen molar-refractivity contribution >= 4 is 27.0 Å². The molecule has 0 radical (unpaired) electrons. The van der Waals surface area contributed by atoms with Gasteiger partial charge in [0.15, 0.2) is 9.84 Å². The van der Waals surface area contributed by atoms with Gasteiger partial charge in [0.05, 0.1) is 12.8 Å². The molecule has 1 amide bonds. The summed E-state index contributed by atoms with van der Waals surface area (Å²) >= 11 is 0. The van der Waals surface area contributed by atoms with Crippen LogP contribution in [0.3, 0.4) is 0 Å². The summed E-state index contributed by atoms with van der Waals surface area (Å²) in [5, 5.41) is 4.06. The van der Waals surface area contributed by atoms with Crippen LogP contribution in [0.4, 0.5) is 0 Å². The second-order valence-corrected chi connectivity index (χ2v) is 7.79. The van der Waals surface area contributed by atoms with E-state index in [1.807, 2.05) is 19.9 Å². The maximum Gasteiger partial charge on any atom is 0.240 e. The van der Waals surface area contributed by atoms with Crippen LogP contribution in [0.2, 0.25) is 0 Å². The highest BCUT2D eigenvalue weighted by Crippen LogP contribution is 2.29. The van der Waals surface area contributed by atoms with Crippen LogP contribution in [0.5, 0.6) is 5.75 Å². The summed E-state index contributed by atoms with van der Waals surface area (Å²) in [4.78, 5) is 11.4. The van der Waals surface area contributed by atoms with E-state index in [1.54, 1.807) is 18.2 Å². The third-order valence-electron chi connectivity index (χ3n) is 3.90. The molecule has 7 heteroatoms. The molecule has 1 aromatic rings. The van der Waals surface area contributed by atoms with Crippen LogP contribution in [-0.4, -0.2) is 32.9 Å². The SMILES string of the molecule is C#CCS(=O)(=O)c1cc(C(C)=CC2=NNC(=O)CC2C)ccc1OC. The lowest BCUT2D eigenvalue weighted by atomic mass is 9.96. The van der Waals surface area contributed by atoms with Crippen LogP contribution in [0.15, 0.2) is 34.3 Å². The van der Waals surface area contributed by atoms with E-state index >= 15 is 0 Å². The first-order valence-corrected chi connectivity index (χ1v) is 9.33. The quantitative estimate of drug-likeness (QED) is 0.814. The van der Waals surface area contributed by atoms with Crippen molar-refractivity contribution < 1.29 is 17.9 Å². The Hall–Kier alpha value is -2.59. The van der Waals surface area contributed by atoms with Crippen molar-refractivity contribution in [1.82, 2.24) is 5.43 Å². The Bertz CT molecular complexity index is 892. The molecule has 1 aromatic carbocycles. The summed E-state index contributed by atoms with van der Waals surface area (Å²) in [5.74, 6) is 1.90. The number of hydrogen-bond donors (Lipinski definition) is 1. The summed E-state index contributed by atoms with van der Waals surface area (Å²) in [5.41, 5.74) is 4.73. The van der Waals surface area contributed by atoms with Gasteiger partial charge in [-0.2, -0.15) is 5.10 Å². The van der Waals surface area contributed by atoms with E-state index in [0.29, 0.717) is 12.0 Å². The summed E-state index contributed by atoms with van der Waals surface area (Å²) in [6, 6.07) is 4.92. The Morgan fingerprint density at radius 1 is 1.52 bits per heavy atom. The maximum atomic E-state index is 12.4. The molecule has 0 aliphatic carbocycles. The lowest BCUT2D eigenvalue weighted by Crippen LogP contribution is -2.30. The highest BCUT2D eigenvalue weighted by atomic mass is 32.2. The number of terminal acetylenes is 1. The number of methoxy groups -OCH3 is 1. The fourth-order valence-corrected chi connectivity index (χ4v) is 3.64. The standard InChI is InChI=1S/C18H20N2O4S/c1-5-8-25(22,23)17-11-14(6-7-16(17)24-4)12(2)9-15-13(3)10-18(21)20-19-15/h1,6-7,9,11,13H,8,10H2,2-4H3,(H,20,21). The van der Waals surface area contributed by atoms with Crippen molar-refractivity contribution in [2.45, 2.75) is 25.2 Å². The zero-order chi connectivity index (χ0) is 18.6. The fraction of sp³-hybridized carbons (Fsp3) is 0.333. The van der Waals surface area contributed by atoms with E-state index in [4.69, 9.17) is 11.2 Å². The Labute approximate surface area is 147 Å². The molecule has 6 nitrogen and oxygen atoms in total. The van der Waals surface area contributed by atoms with Crippen molar-refractivity contribution in [1.29, 1.82) is 0 Å². The molecule has 0 fully saturated rings. The molecule has 0 spiro atoms. The molecule has 0 saturated carbocycles. The second-order valence-electron chi connectivity index (χ2n) is 5.83. The summed E-state index contributed by atoms with van der Waals surface area (Å²) in [7, 11) is -2.23. The highest BCUT2D eigenvalue weighted by molar-refractivity contribution is 7.91. The van der Waals surface area contributed by atoms with E-state index in [1.165, 1.54) is 7.11 Å². The van der Waals surface area contributed by atoms with Crippen molar-refractivity contribution in [3.63, 3.8) is 0 Å². The van der Waals surface area contributed by atoms with Crippen LogP contribution in [0.1, 0.15) is 25.8 Å². The van der Waals surface area contributed by atoms with E-state index in [9.17, 15) is 13.2 Å². The molecule has 0 bridgehead atoms. The fourth-order valence-electron chi connectivity index (χ4n) is 2.50. The van der Waals surface area contributed by atoms with Gasteiger partial charge in [-0.15, -0.1) is 6.42 Å². The normalized spacial score (nSPS) is 18.2. The van der Waals surface area contributed by atoms with Crippen LogP contribution in [0, 0.1) is 18.3 Å². The number of amides is 1. The van der Waals surface area contributed by atoms with Gasteiger partial charge >= 0.3 is 0 Å². The topological polar surface area (TPSA) is 84.8 Å². The number of sulfone groups is 1. The number of allylic oxidation sites excluding steroid dienone is 2. The predicted octanol–water partition coefficient (Wildman–Crippen LogP) is 2.02. The van der Waals surface area contributed by atoms with Crippen molar-refractivity contribution in [3.8, 4) is 18.1 Å². The first kappa shape index (κ1) is 18.7. The molecule has 1 aliphatic rings. The minimum Gasteiger partial charge on any atom is -0.495 e. The molecule has 1 unspecified atom stereocenters. The number of carbonyl (C=O) groups is 1. The molecule has 1 aliphatic heterocycles. The zero-order valence-corrected chi connectivity index (χ0v) is 15.2. The number of hydrazone groups is 1. The number of carbonyl (C=O) groups excluding carboxylic acids is 1. The number of rotatable bonds is 5. The Kier molecular flexibility index (Phi) is 5.65. The van der Waals surface area contributed by atoms with Gasteiger partial charge in [-0.05, 0) is 36.3 Å². The molecule has 1 N–H and O–H groups in total. The average Bonchev–Trinajstić information content (AvgIpc) is 2.56. The second kappa shape index (κ2) is 7.53. The molecular weight excluding hydrogens is 340 g/mol. The first-order valence-electron chi connectivity index (χ1n) is 7.68. The Morgan fingerprint density at radius 2 is 2.24 bits per heavy atom. The van der Waals surface area contributed by atoms with Gasteiger partial charge in [0.1, 0.15) is 16.4 Å². The summed E-state index contributed by atoms with van der Waals surface area (Å²) < 4.78 is 29.9. The van der Waals surface area contributed by atoms with Crippen molar-refractivity contribution in [2.75, 3.05) is 12.9 Å². The number of ether oxygens (including phenoxy) is 1. The Balaban J connectivity index is 2.45. The first-order chi connectivity index (χ1) is 11.8. The minimum absolute atomic E-state index is 0.00779. The summed E-state index contributed by atoms with van der Waals surface area (Å²) in [6.07, 6.45) is 7.36. The lowest BCUT2D eigenvalue weighted by molar-refractivity contribution is -0.121. The van der Waals surface area contributed by atoms with E-state index in [-0.39, 0.29) is 22.5 Å². The van der Waals surface area contributed by atoms with Gasteiger partial charge < -0.3 is 4.74 Å². The minimum atomic E-state index is -3.64. The Morgan fingerprint density at radius 3 is 2.84 bits per heavy atom. The maximum absolute atomic E-state index is 12.4. The molecule has 2 rings (SSSR count). The number of nitrogens with one attached hydrogen (secondary N) is 1. The van der Waals surface area contributed by atoms with Crippen LogP contribution < -0.4 is 10.2 Å². The number of hydrogen-bond acceptors (Lipinski definition) is 5. The van der Waals surface area contributed by atoms with Crippen LogP contribution in [0.25, 0.3) is 5.57 Å². The number of nitrogens with zero attached hydrogens (tertiary/aromatic N) is 1. The van der Waals surface area contributed by atoms with Gasteiger partial charge in [0.2, 0.25) is 5.91 Å². The third kappa shape index (κ3) is 4.28. The monoisotopic (exact) mass is 360 g/mol. The molecule has 1 atom stereocenters. The van der Waals surface area contributed by atoms with Crippen LogP contribution >= 0.6 is 0 Å². The summed E-state index contributed by atoms with van der Waals surface area (Å²) in [6.45, 7) is 3.77. The molecule has 1 heterocycles.